The number of hydrogen-bond acceptors (Lipinski definition) is 4. The molecule has 4 N–H and O–H groups in total. The molecule has 28 heavy (non-hydrogen) atoms. The first-order chi connectivity index (χ1) is 13.4. The third-order valence-corrected chi connectivity index (χ3v) is 5.50. The summed E-state index contributed by atoms with van der Waals surface area (Å²) in [6.07, 6.45) is 7.74. The van der Waals surface area contributed by atoms with Gasteiger partial charge in [-0.25, -0.2) is 0 Å². The van der Waals surface area contributed by atoms with Crippen molar-refractivity contribution in [2.45, 2.75) is 45.4 Å². The molecule has 0 saturated heterocycles. The average Bonchev–Trinajstić information content (AvgIpc) is 2.67. The fourth-order valence-electron chi connectivity index (χ4n) is 4.02. The zero-order chi connectivity index (χ0) is 20.3. The minimum Gasteiger partial charge on any atom is -0.396 e. The van der Waals surface area contributed by atoms with Crippen LogP contribution in [0.1, 0.15) is 75.7 Å². The number of aliphatic hydroxyl groups excluding tert-OH is 1. The van der Waals surface area contributed by atoms with Crippen molar-refractivity contribution in [3.63, 3.8) is 0 Å². The second kappa shape index (κ2) is 8.52. The molecule has 1 fully saturated rings. The largest absolute Gasteiger partial charge is 0.396 e. The van der Waals surface area contributed by atoms with E-state index >= 15 is 0 Å². The zero-order valence-electron chi connectivity index (χ0n) is 16.1. The smallest absolute Gasteiger partial charge is 0.258 e. The van der Waals surface area contributed by atoms with Gasteiger partial charge < -0.3 is 10.8 Å². The van der Waals surface area contributed by atoms with Crippen LogP contribution < -0.4 is 11.1 Å². The molecule has 0 radical (unpaired) electrons. The minimum absolute atomic E-state index is 0.114. The Kier molecular flexibility index (Phi) is 6.09. The van der Waals surface area contributed by atoms with Gasteiger partial charge in [-0.2, -0.15) is 0 Å². The Bertz CT molecular complexity index is 910. The highest BCUT2D eigenvalue weighted by atomic mass is 16.3. The Balaban J connectivity index is 0.000000271. The van der Waals surface area contributed by atoms with E-state index in [1.54, 1.807) is 12.1 Å². The van der Waals surface area contributed by atoms with Crippen LogP contribution in [0.4, 0.5) is 0 Å². The molecule has 3 amide bonds. The Labute approximate surface area is 164 Å². The zero-order valence-corrected chi connectivity index (χ0v) is 16.1. The first kappa shape index (κ1) is 20.0. The summed E-state index contributed by atoms with van der Waals surface area (Å²) < 4.78 is 0. The molecule has 1 saturated carbocycles. The van der Waals surface area contributed by atoms with Gasteiger partial charge in [-0.15, -0.1) is 0 Å². The van der Waals surface area contributed by atoms with Crippen LogP contribution in [0.3, 0.4) is 0 Å². The summed E-state index contributed by atoms with van der Waals surface area (Å²) in [4.78, 5) is 35.5. The van der Waals surface area contributed by atoms with E-state index in [1.807, 2.05) is 0 Å². The third kappa shape index (κ3) is 3.92. The topological polar surface area (TPSA) is 109 Å². The van der Waals surface area contributed by atoms with Crippen molar-refractivity contribution in [2.24, 2.45) is 11.7 Å². The number of imide groups is 1. The van der Waals surface area contributed by atoms with Crippen molar-refractivity contribution in [3.8, 4) is 0 Å². The highest BCUT2D eigenvalue weighted by Gasteiger charge is 2.27. The average molecular weight is 382 g/mol. The predicted molar refractivity (Wildman–Crippen MR) is 107 cm³/mol. The molecule has 0 unspecified atom stereocenters. The molecule has 2 aliphatic rings. The maximum atomic E-state index is 11.9. The van der Waals surface area contributed by atoms with E-state index in [4.69, 9.17) is 10.8 Å². The summed E-state index contributed by atoms with van der Waals surface area (Å²) >= 11 is 0. The molecule has 2 aromatic carbocycles. The Hall–Kier alpha value is -2.73. The van der Waals surface area contributed by atoms with Gasteiger partial charge in [0.1, 0.15) is 0 Å². The number of amides is 3. The van der Waals surface area contributed by atoms with E-state index in [-0.39, 0.29) is 12.2 Å². The second-order valence-corrected chi connectivity index (χ2v) is 7.55. The SMILES string of the molecule is CC1CCCCC1.NC(=O)c1ccc2c3c(ccc(CCO)c13)C(=O)NC2=O. The first-order valence-corrected chi connectivity index (χ1v) is 9.79. The summed E-state index contributed by atoms with van der Waals surface area (Å²) in [6.45, 7) is 2.25. The van der Waals surface area contributed by atoms with Crippen LogP contribution in [-0.4, -0.2) is 29.4 Å². The molecule has 148 valence electrons. The Morgan fingerprint density at radius 3 is 2.14 bits per heavy atom. The Morgan fingerprint density at radius 2 is 1.64 bits per heavy atom. The number of carbonyl (C=O) groups excluding carboxylic acids is 3. The van der Waals surface area contributed by atoms with E-state index in [0.29, 0.717) is 33.9 Å². The quantitative estimate of drug-likeness (QED) is 0.709. The normalized spacial score (nSPS) is 16.4. The van der Waals surface area contributed by atoms with Crippen LogP contribution in [0.2, 0.25) is 0 Å². The maximum Gasteiger partial charge on any atom is 0.258 e. The molecule has 1 aliphatic carbocycles. The van der Waals surface area contributed by atoms with E-state index in [1.165, 1.54) is 44.2 Å². The van der Waals surface area contributed by atoms with Crippen molar-refractivity contribution in [1.82, 2.24) is 5.32 Å². The second-order valence-electron chi connectivity index (χ2n) is 7.55. The summed E-state index contributed by atoms with van der Waals surface area (Å²) in [5, 5.41) is 12.3. The van der Waals surface area contributed by atoms with Crippen molar-refractivity contribution in [3.05, 3.63) is 46.5 Å². The van der Waals surface area contributed by atoms with Crippen LogP contribution in [0.15, 0.2) is 24.3 Å². The molecule has 1 aliphatic heterocycles. The number of benzene rings is 2. The van der Waals surface area contributed by atoms with Crippen LogP contribution in [0, 0.1) is 5.92 Å². The number of hydrogen-bond donors (Lipinski definition) is 3. The van der Waals surface area contributed by atoms with Crippen molar-refractivity contribution in [2.75, 3.05) is 6.61 Å². The maximum absolute atomic E-state index is 11.9. The van der Waals surface area contributed by atoms with Gasteiger partial charge in [0.25, 0.3) is 11.8 Å². The summed E-state index contributed by atoms with van der Waals surface area (Å²) in [6, 6.07) is 6.21. The lowest BCUT2D eigenvalue weighted by molar-refractivity contribution is 0.0843. The predicted octanol–water partition coefficient (Wildman–Crippen LogP) is 2.94. The highest BCUT2D eigenvalue weighted by molar-refractivity contribution is 6.28. The number of nitrogens with two attached hydrogens (primary N) is 1. The van der Waals surface area contributed by atoms with Gasteiger partial charge in [-0.05, 0) is 41.5 Å². The van der Waals surface area contributed by atoms with Gasteiger partial charge >= 0.3 is 0 Å². The van der Waals surface area contributed by atoms with E-state index in [0.717, 1.165) is 5.92 Å². The fraction of sp³-hybridized carbons (Fsp3) is 0.409. The Morgan fingerprint density at radius 1 is 1.04 bits per heavy atom. The summed E-state index contributed by atoms with van der Waals surface area (Å²) in [5.74, 6) is -0.616. The number of carbonyl (C=O) groups is 3. The molecular formula is C22H26N2O4. The van der Waals surface area contributed by atoms with E-state index in [2.05, 4.69) is 12.2 Å². The molecular weight excluding hydrogens is 356 g/mol. The first-order valence-electron chi connectivity index (χ1n) is 9.79. The molecule has 0 bridgehead atoms. The third-order valence-electron chi connectivity index (χ3n) is 5.50. The summed E-state index contributed by atoms with van der Waals surface area (Å²) in [7, 11) is 0. The van der Waals surface area contributed by atoms with Crippen LogP contribution in [-0.2, 0) is 6.42 Å². The van der Waals surface area contributed by atoms with E-state index < -0.39 is 17.7 Å². The van der Waals surface area contributed by atoms with Crippen LogP contribution >= 0.6 is 0 Å². The minimum atomic E-state index is -0.642. The fourth-order valence-corrected chi connectivity index (χ4v) is 4.02. The van der Waals surface area contributed by atoms with Crippen molar-refractivity contribution < 1.29 is 19.5 Å². The lowest BCUT2D eigenvalue weighted by Crippen LogP contribution is -2.35. The van der Waals surface area contributed by atoms with Gasteiger partial charge in [0, 0.05) is 28.7 Å². The highest BCUT2D eigenvalue weighted by Crippen LogP contribution is 2.32. The van der Waals surface area contributed by atoms with Crippen molar-refractivity contribution in [1.29, 1.82) is 0 Å². The van der Waals surface area contributed by atoms with Crippen molar-refractivity contribution >= 4 is 28.5 Å². The number of nitrogens with one attached hydrogen (secondary N) is 1. The summed E-state index contributed by atoms with van der Waals surface area (Å²) in [5.41, 5.74) is 6.95. The molecule has 2 aromatic rings. The van der Waals surface area contributed by atoms with E-state index in [9.17, 15) is 14.4 Å². The number of primary amides is 1. The number of aliphatic hydroxyl groups is 1. The molecule has 0 aromatic heterocycles. The molecule has 6 nitrogen and oxygen atoms in total. The van der Waals surface area contributed by atoms with Gasteiger partial charge in [-0.3, -0.25) is 19.7 Å². The molecule has 0 spiro atoms. The molecule has 0 atom stereocenters. The number of rotatable bonds is 3. The van der Waals surface area contributed by atoms with Crippen LogP contribution in [0.5, 0.6) is 0 Å². The molecule has 1 heterocycles. The van der Waals surface area contributed by atoms with Gasteiger partial charge in [-0.1, -0.05) is 45.1 Å². The molecule has 6 heteroatoms. The van der Waals surface area contributed by atoms with Crippen LogP contribution in [0.25, 0.3) is 10.8 Å². The van der Waals surface area contributed by atoms with Gasteiger partial charge in [0.05, 0.1) is 0 Å². The van der Waals surface area contributed by atoms with Gasteiger partial charge in [0.15, 0.2) is 0 Å². The van der Waals surface area contributed by atoms with Gasteiger partial charge in [0.2, 0.25) is 5.91 Å². The lowest BCUT2D eigenvalue weighted by Gasteiger charge is -2.20. The lowest BCUT2D eigenvalue weighted by atomic mass is 9.88. The monoisotopic (exact) mass is 382 g/mol. The molecule has 4 rings (SSSR count). The standard InChI is InChI=1S/C15H12N2O4.C7H14/c16-13(19)8-3-4-10-12-9(14(20)17-15(10)21)2-1-7(5-6-18)11(8)12;1-7-5-3-2-4-6-7/h1-4,18H,5-6H2,(H2,16,19)(H,17,20,21);7H,2-6H2,1H3.